The molecule has 0 aliphatic heterocycles. The van der Waals surface area contributed by atoms with E-state index in [9.17, 15) is 15.2 Å². The van der Waals surface area contributed by atoms with E-state index in [1.807, 2.05) is 6.07 Å². The molecule has 0 unspecified atom stereocenters. The molecular formula is C13H14N2O4. The lowest BCUT2D eigenvalue weighted by Crippen LogP contribution is -2.34. The minimum absolute atomic E-state index is 0.106. The van der Waals surface area contributed by atoms with Crippen LogP contribution in [0.4, 0.5) is 5.69 Å². The number of aliphatic hydroxyl groups excluding tert-OH is 1. The maximum atomic E-state index is 11.0. The third-order valence-corrected chi connectivity index (χ3v) is 3.23. The molecule has 6 nitrogen and oxygen atoms in total. The molecule has 1 fully saturated rings. The molecule has 0 radical (unpaired) electrons. The molecule has 0 saturated heterocycles. The van der Waals surface area contributed by atoms with Crippen LogP contribution in [0.5, 0.6) is 5.75 Å². The van der Waals surface area contributed by atoms with Gasteiger partial charge in [0.2, 0.25) is 0 Å². The van der Waals surface area contributed by atoms with Crippen LogP contribution in [0, 0.1) is 21.4 Å². The van der Waals surface area contributed by atoms with E-state index in [-0.39, 0.29) is 17.0 Å². The summed E-state index contributed by atoms with van der Waals surface area (Å²) in [5.74, 6) is 0.106. The van der Waals surface area contributed by atoms with E-state index in [1.165, 1.54) is 18.2 Å². The summed E-state index contributed by atoms with van der Waals surface area (Å²) >= 11 is 0. The van der Waals surface area contributed by atoms with Gasteiger partial charge in [-0.15, -0.1) is 0 Å². The highest BCUT2D eigenvalue weighted by Crippen LogP contribution is 2.31. The maximum Gasteiger partial charge on any atom is 0.312 e. The first-order valence-corrected chi connectivity index (χ1v) is 6.15. The monoisotopic (exact) mass is 262 g/mol. The molecule has 0 bridgehead atoms. The van der Waals surface area contributed by atoms with E-state index < -0.39 is 17.1 Å². The number of nitriles is 1. The third-order valence-electron chi connectivity index (χ3n) is 3.23. The van der Waals surface area contributed by atoms with Gasteiger partial charge in [0.05, 0.1) is 22.7 Å². The average molecular weight is 262 g/mol. The van der Waals surface area contributed by atoms with Crippen molar-refractivity contribution in [2.45, 2.75) is 37.9 Å². The van der Waals surface area contributed by atoms with Crippen molar-refractivity contribution in [3.63, 3.8) is 0 Å². The summed E-state index contributed by atoms with van der Waals surface area (Å²) in [5.41, 5.74) is -0.0277. The summed E-state index contributed by atoms with van der Waals surface area (Å²) in [7, 11) is 0. The zero-order valence-corrected chi connectivity index (χ0v) is 10.3. The predicted molar refractivity (Wildman–Crippen MR) is 66.7 cm³/mol. The topological polar surface area (TPSA) is 96.4 Å². The number of nitro groups is 1. The Hall–Kier alpha value is -2.13. The van der Waals surface area contributed by atoms with Gasteiger partial charge in [-0.2, -0.15) is 5.26 Å². The third kappa shape index (κ3) is 3.01. The number of aliphatic hydroxyl groups is 1. The second-order valence-electron chi connectivity index (χ2n) is 4.56. The van der Waals surface area contributed by atoms with Crippen LogP contribution < -0.4 is 4.74 Å². The van der Waals surface area contributed by atoms with Crippen molar-refractivity contribution in [3.05, 3.63) is 33.9 Å². The van der Waals surface area contributed by atoms with Gasteiger partial charge in [-0.25, -0.2) is 0 Å². The van der Waals surface area contributed by atoms with Crippen LogP contribution >= 0.6 is 0 Å². The molecule has 2 atom stereocenters. The molecule has 0 aromatic heterocycles. The van der Waals surface area contributed by atoms with Crippen LogP contribution in [-0.2, 0) is 0 Å². The first-order valence-electron chi connectivity index (χ1n) is 6.15. The Bertz CT molecular complexity index is 524. The van der Waals surface area contributed by atoms with Gasteiger partial charge in [0, 0.05) is 6.07 Å². The first kappa shape index (κ1) is 13.3. The molecular weight excluding hydrogens is 248 g/mol. The van der Waals surface area contributed by atoms with E-state index in [2.05, 4.69) is 0 Å². The lowest BCUT2D eigenvalue weighted by Gasteiger charge is -2.27. The average Bonchev–Trinajstić information content (AvgIpc) is 2.41. The van der Waals surface area contributed by atoms with Crippen molar-refractivity contribution in [2.75, 3.05) is 0 Å². The molecule has 1 saturated carbocycles. The SMILES string of the molecule is N#Cc1ccc(O[C@H]2CCCC[C@@H]2O)c([N+](=O)[O-])c1. The Balaban J connectivity index is 2.24. The number of benzene rings is 1. The minimum Gasteiger partial charge on any atom is -0.481 e. The lowest BCUT2D eigenvalue weighted by molar-refractivity contribution is -0.386. The van der Waals surface area contributed by atoms with Crippen LogP contribution in [0.1, 0.15) is 31.2 Å². The molecule has 1 aliphatic rings. The van der Waals surface area contributed by atoms with Crippen LogP contribution in [-0.4, -0.2) is 22.2 Å². The van der Waals surface area contributed by atoms with E-state index in [0.29, 0.717) is 12.8 Å². The fraction of sp³-hybridized carbons (Fsp3) is 0.462. The molecule has 6 heteroatoms. The number of hydrogen-bond acceptors (Lipinski definition) is 5. The zero-order valence-electron chi connectivity index (χ0n) is 10.3. The Kier molecular flexibility index (Phi) is 3.97. The van der Waals surface area contributed by atoms with E-state index >= 15 is 0 Å². The molecule has 1 aromatic carbocycles. The normalized spacial score (nSPS) is 22.5. The van der Waals surface area contributed by atoms with Gasteiger partial charge in [-0.05, 0) is 31.4 Å². The fourth-order valence-corrected chi connectivity index (χ4v) is 2.21. The van der Waals surface area contributed by atoms with Gasteiger partial charge in [-0.3, -0.25) is 10.1 Å². The zero-order chi connectivity index (χ0) is 13.8. The van der Waals surface area contributed by atoms with Crippen LogP contribution in [0.3, 0.4) is 0 Å². The summed E-state index contributed by atoms with van der Waals surface area (Å²) in [6.45, 7) is 0. The van der Waals surface area contributed by atoms with Crippen LogP contribution in [0.25, 0.3) is 0 Å². The van der Waals surface area contributed by atoms with Gasteiger partial charge in [0.15, 0.2) is 5.75 Å². The minimum atomic E-state index is -0.594. The highest BCUT2D eigenvalue weighted by molar-refractivity contribution is 5.51. The molecule has 2 rings (SSSR count). The molecule has 0 spiro atoms. The highest BCUT2D eigenvalue weighted by atomic mass is 16.6. The van der Waals surface area contributed by atoms with E-state index in [0.717, 1.165) is 12.8 Å². The van der Waals surface area contributed by atoms with Crippen molar-refractivity contribution in [1.82, 2.24) is 0 Å². The molecule has 1 aromatic rings. The summed E-state index contributed by atoms with van der Waals surface area (Å²) in [5, 5.41) is 29.5. The Morgan fingerprint density at radius 3 is 2.79 bits per heavy atom. The fourth-order valence-electron chi connectivity index (χ4n) is 2.21. The molecule has 0 amide bonds. The standard InChI is InChI=1S/C13H14N2O4/c14-8-9-5-6-12(10(7-9)15(17)18)19-13-4-2-1-3-11(13)16/h5-7,11,13,16H,1-4H2/t11-,13-/m0/s1. The first-order chi connectivity index (χ1) is 9.11. The number of ether oxygens (including phenoxy) is 1. The Morgan fingerprint density at radius 1 is 1.42 bits per heavy atom. The van der Waals surface area contributed by atoms with Crippen molar-refractivity contribution >= 4 is 5.69 Å². The predicted octanol–water partition coefficient (Wildman–Crippen LogP) is 2.15. The van der Waals surface area contributed by atoms with Crippen LogP contribution in [0.2, 0.25) is 0 Å². The number of nitro benzene ring substituents is 1. The summed E-state index contributed by atoms with van der Waals surface area (Å²) in [6.07, 6.45) is 2.19. The molecule has 1 N–H and O–H groups in total. The lowest BCUT2D eigenvalue weighted by atomic mass is 9.95. The van der Waals surface area contributed by atoms with Crippen molar-refractivity contribution in [3.8, 4) is 11.8 Å². The van der Waals surface area contributed by atoms with Gasteiger partial charge in [0.25, 0.3) is 0 Å². The number of nitrogens with zero attached hydrogens (tertiary/aromatic N) is 2. The van der Waals surface area contributed by atoms with E-state index in [4.69, 9.17) is 10.00 Å². The van der Waals surface area contributed by atoms with Crippen molar-refractivity contribution < 1.29 is 14.8 Å². The summed E-state index contributed by atoms with van der Waals surface area (Å²) < 4.78 is 5.56. The maximum absolute atomic E-state index is 11.0. The second kappa shape index (κ2) is 5.67. The van der Waals surface area contributed by atoms with Crippen LogP contribution in [0.15, 0.2) is 18.2 Å². The summed E-state index contributed by atoms with van der Waals surface area (Å²) in [6, 6.07) is 5.92. The Labute approximate surface area is 110 Å². The largest absolute Gasteiger partial charge is 0.481 e. The Morgan fingerprint density at radius 2 is 2.16 bits per heavy atom. The van der Waals surface area contributed by atoms with Gasteiger partial charge in [0.1, 0.15) is 6.10 Å². The van der Waals surface area contributed by atoms with Crippen molar-refractivity contribution in [1.29, 1.82) is 5.26 Å². The van der Waals surface area contributed by atoms with E-state index in [1.54, 1.807) is 0 Å². The van der Waals surface area contributed by atoms with Gasteiger partial charge in [-0.1, -0.05) is 6.42 Å². The second-order valence-corrected chi connectivity index (χ2v) is 4.56. The number of hydrogen-bond donors (Lipinski definition) is 1. The molecule has 100 valence electrons. The molecule has 19 heavy (non-hydrogen) atoms. The quantitative estimate of drug-likeness (QED) is 0.665. The van der Waals surface area contributed by atoms with Gasteiger partial charge >= 0.3 is 5.69 Å². The molecule has 0 heterocycles. The van der Waals surface area contributed by atoms with Crippen molar-refractivity contribution in [2.24, 2.45) is 0 Å². The number of rotatable bonds is 3. The highest BCUT2D eigenvalue weighted by Gasteiger charge is 2.27. The summed E-state index contributed by atoms with van der Waals surface area (Å²) in [4.78, 5) is 10.4. The smallest absolute Gasteiger partial charge is 0.312 e. The molecule has 1 aliphatic carbocycles. The van der Waals surface area contributed by atoms with Gasteiger partial charge < -0.3 is 9.84 Å².